The van der Waals surface area contributed by atoms with Crippen molar-refractivity contribution in [3.8, 4) is 0 Å². The van der Waals surface area contributed by atoms with Crippen LogP contribution in [0.25, 0.3) is 0 Å². The predicted octanol–water partition coefficient (Wildman–Crippen LogP) is 1.58. The van der Waals surface area contributed by atoms with Crippen molar-refractivity contribution in [1.29, 1.82) is 0 Å². The van der Waals surface area contributed by atoms with Crippen molar-refractivity contribution in [2.24, 2.45) is 0 Å². The zero-order valence-electron chi connectivity index (χ0n) is 11.8. The zero-order chi connectivity index (χ0) is 13.8. The fourth-order valence-electron chi connectivity index (χ4n) is 2.16. The van der Waals surface area contributed by atoms with Crippen LogP contribution >= 0.6 is 0 Å². The molecule has 19 heavy (non-hydrogen) atoms. The summed E-state index contributed by atoms with van der Waals surface area (Å²) < 4.78 is 0. The summed E-state index contributed by atoms with van der Waals surface area (Å²) in [4.78, 5) is 16.0. The number of nitrogens with zero attached hydrogens (tertiary/aromatic N) is 2. The van der Waals surface area contributed by atoms with Crippen LogP contribution in [-0.4, -0.2) is 50.7 Å². The van der Waals surface area contributed by atoms with Crippen molar-refractivity contribution >= 4 is 17.4 Å². The smallest absolute Gasteiger partial charge is 0.321 e. The summed E-state index contributed by atoms with van der Waals surface area (Å²) >= 11 is 0. The molecular weight excluding hydrogens is 240 g/mol. The summed E-state index contributed by atoms with van der Waals surface area (Å²) in [5.41, 5.74) is 1.95. The number of carbonyl (C=O) groups is 1. The molecule has 0 spiro atoms. The maximum absolute atomic E-state index is 12.1. The first-order valence-electron chi connectivity index (χ1n) is 6.63. The number of hydrogen-bond acceptors (Lipinski definition) is 3. The molecule has 2 amide bonds. The van der Waals surface area contributed by atoms with Gasteiger partial charge in [-0.3, -0.25) is 0 Å². The van der Waals surface area contributed by atoms with Gasteiger partial charge in [-0.1, -0.05) is 0 Å². The molecule has 0 aliphatic carbocycles. The van der Waals surface area contributed by atoms with Crippen LogP contribution in [0.3, 0.4) is 0 Å². The Kier molecular flexibility index (Phi) is 4.27. The van der Waals surface area contributed by atoms with Gasteiger partial charge < -0.3 is 20.4 Å². The topological polar surface area (TPSA) is 47.6 Å². The lowest BCUT2D eigenvalue weighted by Gasteiger charge is -2.31. The average Bonchev–Trinajstić information content (AvgIpc) is 2.39. The third-order valence-corrected chi connectivity index (χ3v) is 3.29. The van der Waals surface area contributed by atoms with E-state index < -0.39 is 0 Å². The van der Waals surface area contributed by atoms with E-state index in [1.807, 2.05) is 48.2 Å². The molecule has 2 N–H and O–H groups in total. The van der Waals surface area contributed by atoms with E-state index in [1.54, 1.807) is 0 Å². The third-order valence-electron chi connectivity index (χ3n) is 3.29. The van der Waals surface area contributed by atoms with Crippen LogP contribution in [0.15, 0.2) is 24.3 Å². The fraction of sp³-hybridized carbons (Fsp3) is 0.500. The fourth-order valence-corrected chi connectivity index (χ4v) is 2.16. The average molecular weight is 262 g/mol. The van der Waals surface area contributed by atoms with Gasteiger partial charge in [0.2, 0.25) is 0 Å². The van der Waals surface area contributed by atoms with Crippen LogP contribution in [0.1, 0.15) is 6.92 Å². The summed E-state index contributed by atoms with van der Waals surface area (Å²) in [5, 5.41) is 6.26. The highest BCUT2D eigenvalue weighted by atomic mass is 16.2. The first-order valence-corrected chi connectivity index (χ1v) is 6.63. The summed E-state index contributed by atoms with van der Waals surface area (Å²) in [6.45, 7) is 4.45. The van der Waals surface area contributed by atoms with E-state index in [9.17, 15) is 4.79 Å². The molecule has 1 heterocycles. The monoisotopic (exact) mass is 262 g/mol. The summed E-state index contributed by atoms with van der Waals surface area (Å²) in [6, 6.07) is 8.19. The molecule has 1 saturated heterocycles. The van der Waals surface area contributed by atoms with Gasteiger partial charge in [-0.05, 0) is 31.2 Å². The first kappa shape index (κ1) is 13.7. The Morgan fingerprint density at radius 3 is 2.63 bits per heavy atom. The van der Waals surface area contributed by atoms with Gasteiger partial charge >= 0.3 is 6.03 Å². The number of carbonyl (C=O) groups excluding carboxylic acids is 1. The van der Waals surface area contributed by atoms with Crippen molar-refractivity contribution in [3.63, 3.8) is 0 Å². The molecule has 1 aliphatic rings. The van der Waals surface area contributed by atoms with E-state index in [0.717, 1.165) is 31.0 Å². The standard InChI is InChI=1S/C14H22N4O/c1-11-10-18(9-8-15-11)14(19)16-12-4-6-13(7-5-12)17(2)3/h4-7,11,15H,8-10H2,1-3H3,(H,16,19)/t11-/m0/s1. The first-order chi connectivity index (χ1) is 9.06. The highest BCUT2D eigenvalue weighted by Gasteiger charge is 2.20. The minimum atomic E-state index is -0.0223. The molecule has 0 bridgehead atoms. The van der Waals surface area contributed by atoms with Crippen LogP contribution in [0, 0.1) is 0 Å². The zero-order valence-corrected chi connectivity index (χ0v) is 11.8. The molecule has 0 radical (unpaired) electrons. The van der Waals surface area contributed by atoms with Gasteiger partial charge in [0, 0.05) is 51.1 Å². The van der Waals surface area contributed by atoms with E-state index in [2.05, 4.69) is 17.6 Å². The third kappa shape index (κ3) is 3.61. The Bertz CT molecular complexity index is 430. The lowest BCUT2D eigenvalue weighted by atomic mass is 10.2. The van der Waals surface area contributed by atoms with Crippen LogP contribution < -0.4 is 15.5 Å². The molecule has 2 rings (SSSR count). The molecule has 1 aromatic carbocycles. The highest BCUT2D eigenvalue weighted by Crippen LogP contribution is 2.16. The van der Waals surface area contributed by atoms with Gasteiger partial charge in [0.15, 0.2) is 0 Å². The normalized spacial score (nSPS) is 19.1. The Morgan fingerprint density at radius 1 is 1.37 bits per heavy atom. The highest BCUT2D eigenvalue weighted by molar-refractivity contribution is 5.89. The minimum absolute atomic E-state index is 0.0223. The van der Waals surface area contributed by atoms with Gasteiger partial charge in [0.25, 0.3) is 0 Å². The molecule has 1 aromatic rings. The minimum Gasteiger partial charge on any atom is -0.378 e. The SMILES string of the molecule is C[C@H]1CN(C(=O)Nc2ccc(N(C)C)cc2)CCN1. The maximum Gasteiger partial charge on any atom is 0.321 e. The summed E-state index contributed by atoms with van der Waals surface area (Å²) in [7, 11) is 3.99. The number of amides is 2. The van der Waals surface area contributed by atoms with E-state index >= 15 is 0 Å². The second-order valence-electron chi connectivity index (χ2n) is 5.17. The number of urea groups is 1. The molecule has 0 saturated carbocycles. The van der Waals surface area contributed by atoms with Gasteiger partial charge in [-0.2, -0.15) is 0 Å². The summed E-state index contributed by atoms with van der Waals surface area (Å²) in [6.07, 6.45) is 0. The molecule has 0 aromatic heterocycles. The number of nitrogens with one attached hydrogen (secondary N) is 2. The maximum atomic E-state index is 12.1. The Morgan fingerprint density at radius 2 is 2.05 bits per heavy atom. The Labute approximate surface area is 114 Å². The van der Waals surface area contributed by atoms with E-state index in [4.69, 9.17) is 0 Å². The molecule has 0 unspecified atom stereocenters. The van der Waals surface area contributed by atoms with Crippen molar-refractivity contribution < 1.29 is 4.79 Å². The molecule has 1 aliphatic heterocycles. The lowest BCUT2D eigenvalue weighted by molar-refractivity contribution is 0.192. The van der Waals surface area contributed by atoms with Crippen molar-refractivity contribution in [3.05, 3.63) is 24.3 Å². The van der Waals surface area contributed by atoms with Crippen LogP contribution in [0.2, 0.25) is 0 Å². The van der Waals surface area contributed by atoms with E-state index in [0.29, 0.717) is 6.04 Å². The number of piperazine rings is 1. The number of hydrogen-bond donors (Lipinski definition) is 2. The number of benzene rings is 1. The lowest BCUT2D eigenvalue weighted by Crippen LogP contribution is -2.52. The number of rotatable bonds is 2. The largest absolute Gasteiger partial charge is 0.378 e. The second kappa shape index (κ2) is 5.93. The van der Waals surface area contributed by atoms with Gasteiger partial charge in [-0.15, -0.1) is 0 Å². The van der Waals surface area contributed by atoms with Gasteiger partial charge in [0.1, 0.15) is 0 Å². The van der Waals surface area contributed by atoms with Crippen LogP contribution in [0.4, 0.5) is 16.2 Å². The second-order valence-corrected chi connectivity index (χ2v) is 5.17. The van der Waals surface area contributed by atoms with Crippen molar-refractivity contribution in [2.45, 2.75) is 13.0 Å². The van der Waals surface area contributed by atoms with Crippen molar-refractivity contribution in [1.82, 2.24) is 10.2 Å². The molecule has 1 fully saturated rings. The van der Waals surface area contributed by atoms with Gasteiger partial charge in [-0.25, -0.2) is 4.79 Å². The quantitative estimate of drug-likeness (QED) is 0.850. The molecule has 1 atom stereocenters. The van der Waals surface area contributed by atoms with E-state index in [-0.39, 0.29) is 6.03 Å². The van der Waals surface area contributed by atoms with Crippen LogP contribution in [-0.2, 0) is 0 Å². The molecule has 5 nitrogen and oxygen atoms in total. The van der Waals surface area contributed by atoms with Crippen LogP contribution in [0.5, 0.6) is 0 Å². The Hall–Kier alpha value is -1.75. The summed E-state index contributed by atoms with van der Waals surface area (Å²) in [5.74, 6) is 0. The van der Waals surface area contributed by atoms with Crippen molar-refractivity contribution in [2.75, 3.05) is 43.9 Å². The molecular formula is C14H22N4O. The van der Waals surface area contributed by atoms with E-state index in [1.165, 1.54) is 0 Å². The number of anilines is 2. The predicted molar refractivity (Wildman–Crippen MR) is 78.8 cm³/mol. The van der Waals surface area contributed by atoms with Gasteiger partial charge in [0.05, 0.1) is 0 Å². The Balaban J connectivity index is 1.94. The molecule has 5 heteroatoms. The molecule has 104 valence electrons.